The zero-order valence-electron chi connectivity index (χ0n) is 13.5. The van der Waals surface area contributed by atoms with Crippen LogP contribution in [0.15, 0.2) is 36.5 Å². The Kier molecular flexibility index (Phi) is 3.37. The van der Waals surface area contributed by atoms with E-state index in [0.717, 1.165) is 16.9 Å². The number of imidazole rings is 1. The molecule has 0 unspecified atom stereocenters. The molecule has 1 aliphatic rings. The molecule has 0 bridgehead atoms. The van der Waals surface area contributed by atoms with E-state index >= 15 is 0 Å². The van der Waals surface area contributed by atoms with Gasteiger partial charge < -0.3 is 14.8 Å². The Hall–Kier alpha value is -3.02. The molecule has 4 rings (SSSR count). The van der Waals surface area contributed by atoms with Crippen molar-refractivity contribution in [1.82, 2.24) is 9.38 Å². The van der Waals surface area contributed by atoms with Crippen LogP contribution >= 0.6 is 0 Å². The molecule has 0 fully saturated rings. The van der Waals surface area contributed by atoms with Crippen LogP contribution in [0, 0.1) is 6.92 Å². The number of amides is 1. The van der Waals surface area contributed by atoms with Gasteiger partial charge in [-0.05, 0) is 37.1 Å². The quantitative estimate of drug-likeness (QED) is 0.804. The highest BCUT2D eigenvalue weighted by Gasteiger charge is 2.20. The molecule has 1 N–H and O–H groups in total. The minimum Gasteiger partial charge on any atom is -0.454 e. The predicted molar refractivity (Wildman–Crippen MR) is 89.8 cm³/mol. The van der Waals surface area contributed by atoms with Crippen LogP contribution < -0.4 is 14.8 Å². The summed E-state index contributed by atoms with van der Waals surface area (Å²) in [6, 6.07) is 9.26. The number of aromatic nitrogens is 2. The molecular weight excluding hydrogens is 306 g/mol. The maximum atomic E-state index is 12.8. The highest BCUT2D eigenvalue weighted by atomic mass is 16.7. The van der Waals surface area contributed by atoms with E-state index in [-0.39, 0.29) is 12.7 Å². The van der Waals surface area contributed by atoms with Gasteiger partial charge in [0, 0.05) is 18.0 Å². The summed E-state index contributed by atoms with van der Waals surface area (Å²) in [5.41, 5.74) is 3.85. The van der Waals surface area contributed by atoms with Crippen LogP contribution in [0.25, 0.3) is 5.65 Å². The largest absolute Gasteiger partial charge is 0.454 e. The summed E-state index contributed by atoms with van der Waals surface area (Å²) in [4.78, 5) is 17.4. The van der Waals surface area contributed by atoms with Crippen LogP contribution in [0.4, 0.5) is 5.69 Å². The topological polar surface area (TPSA) is 64.9 Å². The number of hydrogen-bond donors (Lipinski definition) is 1. The second-order valence-corrected chi connectivity index (χ2v) is 5.67. The van der Waals surface area contributed by atoms with Crippen LogP contribution in [-0.4, -0.2) is 22.1 Å². The molecule has 0 saturated heterocycles. The summed E-state index contributed by atoms with van der Waals surface area (Å²) in [7, 11) is 0. The number of nitrogens with zero attached hydrogens (tertiary/aromatic N) is 2. The minimum absolute atomic E-state index is 0.191. The lowest BCUT2D eigenvalue weighted by atomic mass is 10.2. The summed E-state index contributed by atoms with van der Waals surface area (Å²) in [6.07, 6.45) is 2.55. The SMILES string of the molecule is CCc1nc2c(C)cccn2c1C(=O)Nc1ccc2c(c1)OCO2. The summed E-state index contributed by atoms with van der Waals surface area (Å²) >= 11 is 0. The molecule has 0 spiro atoms. The van der Waals surface area contributed by atoms with Crippen molar-refractivity contribution in [3.8, 4) is 11.5 Å². The highest BCUT2D eigenvalue weighted by molar-refractivity contribution is 6.04. The van der Waals surface area contributed by atoms with E-state index in [1.54, 1.807) is 18.2 Å². The number of hydrogen-bond acceptors (Lipinski definition) is 4. The first-order chi connectivity index (χ1) is 11.7. The highest BCUT2D eigenvalue weighted by Crippen LogP contribution is 2.34. The number of pyridine rings is 1. The van der Waals surface area contributed by atoms with Gasteiger partial charge in [-0.15, -0.1) is 0 Å². The van der Waals surface area contributed by atoms with Crippen LogP contribution in [0.1, 0.15) is 28.7 Å². The molecule has 1 amide bonds. The number of nitrogens with one attached hydrogen (secondary N) is 1. The van der Waals surface area contributed by atoms with Gasteiger partial charge in [0.2, 0.25) is 6.79 Å². The standard InChI is InChI=1S/C18H17N3O3/c1-3-13-16(21-8-4-5-11(2)17(21)20-13)18(22)19-12-6-7-14-15(9-12)24-10-23-14/h4-9H,3,10H2,1-2H3,(H,19,22). The second kappa shape index (κ2) is 5.56. The second-order valence-electron chi connectivity index (χ2n) is 5.67. The number of fused-ring (bicyclic) bond motifs is 2. The Labute approximate surface area is 139 Å². The maximum absolute atomic E-state index is 12.8. The van der Waals surface area contributed by atoms with E-state index < -0.39 is 0 Å². The molecule has 0 saturated carbocycles. The number of rotatable bonds is 3. The lowest BCUT2D eigenvalue weighted by Gasteiger charge is -2.08. The number of anilines is 1. The summed E-state index contributed by atoms with van der Waals surface area (Å²) in [5.74, 6) is 1.13. The van der Waals surface area contributed by atoms with Crippen molar-refractivity contribution in [2.75, 3.05) is 12.1 Å². The van der Waals surface area contributed by atoms with Crippen molar-refractivity contribution in [2.24, 2.45) is 0 Å². The van der Waals surface area contributed by atoms with E-state index in [9.17, 15) is 4.79 Å². The van der Waals surface area contributed by atoms with Crippen molar-refractivity contribution in [3.05, 3.63) is 53.5 Å². The Balaban J connectivity index is 1.72. The molecule has 1 aliphatic heterocycles. The molecule has 24 heavy (non-hydrogen) atoms. The molecule has 0 aliphatic carbocycles. The number of carbonyl (C=O) groups excluding carboxylic acids is 1. The van der Waals surface area contributed by atoms with Crippen molar-refractivity contribution >= 4 is 17.2 Å². The van der Waals surface area contributed by atoms with E-state index in [1.165, 1.54) is 0 Å². The lowest BCUT2D eigenvalue weighted by molar-refractivity contribution is 0.102. The van der Waals surface area contributed by atoms with Crippen LogP contribution in [0.5, 0.6) is 11.5 Å². The third kappa shape index (κ3) is 2.27. The smallest absolute Gasteiger partial charge is 0.274 e. The van der Waals surface area contributed by atoms with Gasteiger partial charge in [0.05, 0.1) is 5.69 Å². The van der Waals surface area contributed by atoms with Crippen LogP contribution in [0.2, 0.25) is 0 Å². The lowest BCUT2D eigenvalue weighted by Crippen LogP contribution is -2.16. The van der Waals surface area contributed by atoms with Gasteiger partial charge in [-0.25, -0.2) is 4.98 Å². The van der Waals surface area contributed by atoms with Gasteiger partial charge in [0.15, 0.2) is 11.5 Å². The zero-order valence-corrected chi connectivity index (χ0v) is 13.5. The molecule has 6 heteroatoms. The predicted octanol–water partition coefficient (Wildman–Crippen LogP) is 3.19. The fourth-order valence-electron chi connectivity index (χ4n) is 2.90. The van der Waals surface area contributed by atoms with E-state index in [4.69, 9.17) is 9.47 Å². The molecule has 6 nitrogen and oxygen atoms in total. The molecule has 0 radical (unpaired) electrons. The Bertz CT molecular complexity index is 946. The number of benzene rings is 1. The Morgan fingerprint density at radius 3 is 2.96 bits per heavy atom. The van der Waals surface area contributed by atoms with Crippen molar-refractivity contribution in [1.29, 1.82) is 0 Å². The fourth-order valence-corrected chi connectivity index (χ4v) is 2.90. The maximum Gasteiger partial charge on any atom is 0.274 e. The van der Waals surface area contributed by atoms with E-state index in [2.05, 4.69) is 10.3 Å². The third-order valence-corrected chi connectivity index (χ3v) is 4.10. The van der Waals surface area contributed by atoms with E-state index in [0.29, 0.717) is 29.3 Å². The summed E-state index contributed by atoms with van der Waals surface area (Å²) < 4.78 is 12.5. The molecule has 3 heterocycles. The van der Waals surface area contributed by atoms with Gasteiger partial charge in [0.1, 0.15) is 11.3 Å². The number of carbonyl (C=O) groups is 1. The first kappa shape index (κ1) is 14.6. The Morgan fingerprint density at radius 2 is 2.12 bits per heavy atom. The van der Waals surface area contributed by atoms with E-state index in [1.807, 2.05) is 36.6 Å². The van der Waals surface area contributed by atoms with Gasteiger partial charge in [-0.1, -0.05) is 13.0 Å². The molecular formula is C18H17N3O3. The zero-order chi connectivity index (χ0) is 16.7. The first-order valence-corrected chi connectivity index (χ1v) is 7.85. The average molecular weight is 323 g/mol. The first-order valence-electron chi connectivity index (χ1n) is 7.85. The monoisotopic (exact) mass is 323 g/mol. The number of ether oxygens (including phenoxy) is 2. The Morgan fingerprint density at radius 1 is 1.29 bits per heavy atom. The molecule has 3 aromatic rings. The van der Waals surface area contributed by atoms with Crippen molar-refractivity contribution in [3.63, 3.8) is 0 Å². The third-order valence-electron chi connectivity index (χ3n) is 4.10. The minimum atomic E-state index is -0.191. The molecule has 122 valence electrons. The van der Waals surface area contributed by atoms with Crippen molar-refractivity contribution < 1.29 is 14.3 Å². The molecule has 2 aromatic heterocycles. The van der Waals surface area contributed by atoms with Gasteiger partial charge in [-0.3, -0.25) is 9.20 Å². The molecule has 1 aromatic carbocycles. The van der Waals surface area contributed by atoms with Crippen LogP contribution in [-0.2, 0) is 6.42 Å². The molecule has 0 atom stereocenters. The van der Waals surface area contributed by atoms with Crippen molar-refractivity contribution in [2.45, 2.75) is 20.3 Å². The van der Waals surface area contributed by atoms with Gasteiger partial charge in [0.25, 0.3) is 5.91 Å². The average Bonchev–Trinajstić information content (AvgIpc) is 3.18. The number of aryl methyl sites for hydroxylation is 2. The normalized spacial score (nSPS) is 12.6. The van der Waals surface area contributed by atoms with Crippen LogP contribution in [0.3, 0.4) is 0 Å². The summed E-state index contributed by atoms with van der Waals surface area (Å²) in [6.45, 7) is 4.19. The summed E-state index contributed by atoms with van der Waals surface area (Å²) in [5, 5.41) is 2.93. The van der Waals surface area contributed by atoms with Gasteiger partial charge >= 0.3 is 0 Å². The van der Waals surface area contributed by atoms with Gasteiger partial charge in [-0.2, -0.15) is 0 Å². The fraction of sp³-hybridized carbons (Fsp3) is 0.222.